The Hall–Kier alpha value is -0.570. The fourth-order valence-electron chi connectivity index (χ4n) is 3.09. The third-order valence-corrected chi connectivity index (χ3v) is 4.00. The van der Waals surface area contributed by atoms with Gasteiger partial charge in [0, 0.05) is 19.1 Å². The number of rotatable bonds is 6. The third-order valence-electron chi connectivity index (χ3n) is 4.00. The average Bonchev–Trinajstić information content (AvgIpc) is 2.36. The summed E-state index contributed by atoms with van der Waals surface area (Å²) >= 11 is 0. The zero-order valence-corrected chi connectivity index (χ0v) is 12.6. The van der Waals surface area contributed by atoms with Crippen LogP contribution in [-0.4, -0.2) is 36.5 Å². The van der Waals surface area contributed by atoms with Gasteiger partial charge in [-0.3, -0.25) is 4.79 Å². The van der Waals surface area contributed by atoms with Crippen molar-refractivity contribution in [3.05, 3.63) is 0 Å². The molecule has 1 aliphatic rings. The molecule has 0 radical (unpaired) electrons. The molecule has 1 fully saturated rings. The number of hydrogen-bond acceptors (Lipinski definition) is 2. The molecule has 1 amide bonds. The normalized spacial score (nSPS) is 24.3. The molecule has 0 bridgehead atoms. The summed E-state index contributed by atoms with van der Waals surface area (Å²) in [6.45, 7) is 11.4. The molecule has 3 nitrogen and oxygen atoms in total. The van der Waals surface area contributed by atoms with Crippen LogP contribution < -0.4 is 5.32 Å². The number of carbonyl (C=O) groups is 1. The van der Waals surface area contributed by atoms with Crippen LogP contribution in [0, 0.1) is 5.41 Å². The predicted molar refractivity (Wildman–Crippen MR) is 76.6 cm³/mol. The lowest BCUT2D eigenvalue weighted by molar-refractivity contribution is -0.145. The van der Waals surface area contributed by atoms with E-state index < -0.39 is 0 Å². The summed E-state index contributed by atoms with van der Waals surface area (Å²) in [4.78, 5) is 15.0. The molecule has 0 spiro atoms. The smallest absolute Gasteiger partial charge is 0.230 e. The van der Waals surface area contributed by atoms with Crippen LogP contribution in [0.4, 0.5) is 0 Å². The van der Waals surface area contributed by atoms with Crippen LogP contribution in [0.15, 0.2) is 0 Å². The second kappa shape index (κ2) is 7.13. The van der Waals surface area contributed by atoms with Gasteiger partial charge in [0.25, 0.3) is 0 Å². The zero-order valence-electron chi connectivity index (χ0n) is 12.6. The largest absolute Gasteiger partial charge is 0.340 e. The van der Waals surface area contributed by atoms with Gasteiger partial charge in [-0.05, 0) is 46.1 Å². The number of hydrogen-bond donors (Lipinski definition) is 1. The molecule has 1 atom stereocenters. The van der Waals surface area contributed by atoms with Crippen molar-refractivity contribution in [1.82, 2.24) is 10.2 Å². The minimum absolute atomic E-state index is 0.132. The number of piperidine rings is 1. The fourth-order valence-corrected chi connectivity index (χ4v) is 3.09. The zero-order chi connectivity index (χ0) is 13.6. The number of nitrogens with zero attached hydrogens (tertiary/aromatic N) is 1. The molecule has 1 rings (SSSR count). The summed E-state index contributed by atoms with van der Waals surface area (Å²) in [7, 11) is 0. The van der Waals surface area contributed by atoms with E-state index >= 15 is 0 Å². The van der Waals surface area contributed by atoms with E-state index in [1.807, 2.05) is 0 Å². The topological polar surface area (TPSA) is 32.3 Å². The SMILES string of the molecule is CCCN(C(=O)C1(CCC)CCCNC1)C(C)C. The van der Waals surface area contributed by atoms with Crippen LogP contribution in [0.25, 0.3) is 0 Å². The molecule has 1 saturated heterocycles. The van der Waals surface area contributed by atoms with E-state index in [0.29, 0.717) is 11.9 Å². The van der Waals surface area contributed by atoms with Gasteiger partial charge in [-0.2, -0.15) is 0 Å². The molecule has 106 valence electrons. The van der Waals surface area contributed by atoms with E-state index in [1.165, 1.54) is 0 Å². The summed E-state index contributed by atoms with van der Waals surface area (Å²) in [6, 6.07) is 0.313. The highest BCUT2D eigenvalue weighted by Gasteiger charge is 2.41. The van der Waals surface area contributed by atoms with E-state index in [1.54, 1.807) is 0 Å². The maximum absolute atomic E-state index is 12.9. The van der Waals surface area contributed by atoms with E-state index in [4.69, 9.17) is 0 Å². The van der Waals surface area contributed by atoms with Crippen molar-refractivity contribution >= 4 is 5.91 Å². The summed E-state index contributed by atoms with van der Waals surface area (Å²) < 4.78 is 0. The molecule has 0 saturated carbocycles. The molecular weight excluding hydrogens is 224 g/mol. The van der Waals surface area contributed by atoms with E-state index in [2.05, 4.69) is 37.9 Å². The van der Waals surface area contributed by atoms with Crippen molar-refractivity contribution in [2.24, 2.45) is 5.41 Å². The summed E-state index contributed by atoms with van der Waals surface area (Å²) in [5.41, 5.74) is -0.132. The Bertz CT molecular complexity index is 252. The third kappa shape index (κ3) is 3.47. The van der Waals surface area contributed by atoms with Crippen molar-refractivity contribution in [3.8, 4) is 0 Å². The first-order valence-electron chi connectivity index (χ1n) is 7.59. The van der Waals surface area contributed by atoms with Crippen molar-refractivity contribution in [2.45, 2.75) is 65.8 Å². The van der Waals surface area contributed by atoms with Gasteiger partial charge >= 0.3 is 0 Å². The highest BCUT2D eigenvalue weighted by Crippen LogP contribution is 2.34. The lowest BCUT2D eigenvalue weighted by Crippen LogP contribution is -2.53. The molecular formula is C15H30N2O. The second-order valence-electron chi connectivity index (χ2n) is 5.90. The minimum atomic E-state index is -0.132. The van der Waals surface area contributed by atoms with Gasteiger partial charge in [0.15, 0.2) is 0 Å². The van der Waals surface area contributed by atoms with Crippen LogP contribution >= 0.6 is 0 Å². The molecule has 0 aromatic carbocycles. The van der Waals surface area contributed by atoms with Crippen LogP contribution in [0.5, 0.6) is 0 Å². The summed E-state index contributed by atoms with van der Waals surface area (Å²) in [5, 5.41) is 3.43. The van der Waals surface area contributed by atoms with Gasteiger partial charge in [-0.15, -0.1) is 0 Å². The van der Waals surface area contributed by atoms with Crippen LogP contribution in [-0.2, 0) is 4.79 Å². The summed E-state index contributed by atoms with van der Waals surface area (Å²) in [5.74, 6) is 0.383. The molecule has 1 aliphatic heterocycles. The Kier molecular flexibility index (Phi) is 6.13. The van der Waals surface area contributed by atoms with Gasteiger partial charge < -0.3 is 10.2 Å². The summed E-state index contributed by atoms with van der Waals surface area (Å²) in [6.07, 6.45) is 5.33. The van der Waals surface area contributed by atoms with Crippen molar-refractivity contribution in [2.75, 3.05) is 19.6 Å². The minimum Gasteiger partial charge on any atom is -0.340 e. The molecule has 0 aromatic heterocycles. The fraction of sp³-hybridized carbons (Fsp3) is 0.933. The highest BCUT2D eigenvalue weighted by molar-refractivity contribution is 5.83. The van der Waals surface area contributed by atoms with Gasteiger partial charge in [-0.1, -0.05) is 20.3 Å². The Labute approximate surface area is 112 Å². The van der Waals surface area contributed by atoms with E-state index in [-0.39, 0.29) is 5.41 Å². The quantitative estimate of drug-likeness (QED) is 0.790. The van der Waals surface area contributed by atoms with E-state index in [9.17, 15) is 4.79 Å². The lowest BCUT2D eigenvalue weighted by atomic mass is 9.75. The standard InChI is InChI=1S/C15H30N2O/c1-5-8-15(9-7-10-16-12-15)14(18)17(11-6-2)13(3)4/h13,16H,5-12H2,1-4H3. The van der Waals surface area contributed by atoms with Crippen LogP contribution in [0.2, 0.25) is 0 Å². The molecule has 1 unspecified atom stereocenters. The molecule has 1 heterocycles. The number of amides is 1. The van der Waals surface area contributed by atoms with Crippen LogP contribution in [0.3, 0.4) is 0 Å². The molecule has 18 heavy (non-hydrogen) atoms. The monoisotopic (exact) mass is 254 g/mol. The highest BCUT2D eigenvalue weighted by atomic mass is 16.2. The van der Waals surface area contributed by atoms with Crippen molar-refractivity contribution in [3.63, 3.8) is 0 Å². The van der Waals surface area contributed by atoms with Crippen molar-refractivity contribution < 1.29 is 4.79 Å². The molecule has 3 heteroatoms. The molecule has 1 N–H and O–H groups in total. The first kappa shape index (κ1) is 15.5. The van der Waals surface area contributed by atoms with Gasteiger partial charge in [0.1, 0.15) is 0 Å². The average molecular weight is 254 g/mol. The molecule has 0 aliphatic carbocycles. The van der Waals surface area contributed by atoms with Crippen LogP contribution in [0.1, 0.15) is 59.8 Å². The van der Waals surface area contributed by atoms with E-state index in [0.717, 1.165) is 51.7 Å². The Morgan fingerprint density at radius 1 is 1.33 bits per heavy atom. The second-order valence-corrected chi connectivity index (χ2v) is 5.90. The Morgan fingerprint density at radius 2 is 2.06 bits per heavy atom. The molecule has 0 aromatic rings. The Balaban J connectivity index is 2.85. The first-order chi connectivity index (χ1) is 8.57. The predicted octanol–water partition coefficient (Wildman–Crippen LogP) is 2.80. The Morgan fingerprint density at radius 3 is 2.50 bits per heavy atom. The maximum atomic E-state index is 12.9. The van der Waals surface area contributed by atoms with Gasteiger partial charge in [-0.25, -0.2) is 0 Å². The number of carbonyl (C=O) groups excluding carboxylic acids is 1. The first-order valence-corrected chi connectivity index (χ1v) is 7.59. The van der Waals surface area contributed by atoms with Gasteiger partial charge in [0.2, 0.25) is 5.91 Å². The maximum Gasteiger partial charge on any atom is 0.230 e. The van der Waals surface area contributed by atoms with Gasteiger partial charge in [0.05, 0.1) is 5.41 Å². The number of nitrogens with one attached hydrogen (secondary N) is 1. The van der Waals surface area contributed by atoms with Crippen molar-refractivity contribution in [1.29, 1.82) is 0 Å². The lowest BCUT2D eigenvalue weighted by Gasteiger charge is -2.41.